The van der Waals surface area contributed by atoms with Crippen LogP contribution in [0.3, 0.4) is 0 Å². The first-order valence-corrected chi connectivity index (χ1v) is 7.28. The average Bonchev–Trinajstić information content (AvgIpc) is 2.42. The molecule has 0 aliphatic carbocycles. The van der Waals surface area contributed by atoms with Crippen LogP contribution in [-0.2, 0) is 0 Å². The van der Waals surface area contributed by atoms with Gasteiger partial charge in [-0.2, -0.15) is 0 Å². The van der Waals surface area contributed by atoms with Crippen LogP contribution in [-0.4, -0.2) is 31.1 Å². The van der Waals surface area contributed by atoms with Crippen molar-refractivity contribution < 1.29 is 4.39 Å². The lowest BCUT2D eigenvalue weighted by atomic mass is 10.0. The van der Waals surface area contributed by atoms with Crippen molar-refractivity contribution >= 4 is 0 Å². The van der Waals surface area contributed by atoms with E-state index in [-0.39, 0.29) is 11.9 Å². The van der Waals surface area contributed by atoms with Crippen molar-refractivity contribution in [3.8, 4) is 0 Å². The standard InChI is InChI=1S/C16H27FN2/c1-5-9-14(12-18-6-2)19(4)13(3)15-10-7-8-11-16(15)17/h7-8,10-11,13-14,18H,5-6,9,12H2,1-4H3. The first-order chi connectivity index (χ1) is 9.11. The molecule has 108 valence electrons. The third kappa shape index (κ3) is 4.59. The molecule has 0 heterocycles. The molecule has 0 saturated carbocycles. The van der Waals surface area contributed by atoms with Gasteiger partial charge >= 0.3 is 0 Å². The second kappa shape index (κ2) is 8.28. The van der Waals surface area contributed by atoms with Gasteiger partial charge in [0.05, 0.1) is 0 Å². The molecule has 0 saturated heterocycles. The number of likely N-dealkylation sites (N-methyl/N-ethyl adjacent to an activating group) is 2. The van der Waals surface area contributed by atoms with Crippen LogP contribution >= 0.6 is 0 Å². The molecule has 0 spiro atoms. The van der Waals surface area contributed by atoms with Crippen molar-refractivity contribution in [2.24, 2.45) is 0 Å². The molecule has 3 heteroatoms. The Morgan fingerprint density at radius 3 is 2.53 bits per heavy atom. The van der Waals surface area contributed by atoms with Crippen LogP contribution in [0.25, 0.3) is 0 Å². The molecule has 2 atom stereocenters. The van der Waals surface area contributed by atoms with Gasteiger partial charge in [0.15, 0.2) is 0 Å². The lowest BCUT2D eigenvalue weighted by molar-refractivity contribution is 0.168. The summed E-state index contributed by atoms with van der Waals surface area (Å²) >= 11 is 0. The lowest BCUT2D eigenvalue weighted by Crippen LogP contribution is -2.41. The highest BCUT2D eigenvalue weighted by Crippen LogP contribution is 2.24. The number of hydrogen-bond acceptors (Lipinski definition) is 2. The maximum absolute atomic E-state index is 13.9. The van der Waals surface area contributed by atoms with Crippen molar-refractivity contribution in [3.05, 3.63) is 35.6 Å². The van der Waals surface area contributed by atoms with Gasteiger partial charge in [0.25, 0.3) is 0 Å². The van der Waals surface area contributed by atoms with Crippen molar-refractivity contribution in [2.75, 3.05) is 20.1 Å². The highest BCUT2D eigenvalue weighted by Gasteiger charge is 2.21. The summed E-state index contributed by atoms with van der Waals surface area (Å²) in [5.74, 6) is -0.111. The zero-order valence-corrected chi connectivity index (χ0v) is 12.6. The molecule has 0 fully saturated rings. The molecule has 0 aromatic heterocycles. The third-order valence-corrected chi connectivity index (χ3v) is 3.79. The maximum atomic E-state index is 13.9. The Bertz CT molecular complexity index is 368. The summed E-state index contributed by atoms with van der Waals surface area (Å²) in [4.78, 5) is 2.28. The van der Waals surface area contributed by atoms with E-state index >= 15 is 0 Å². The average molecular weight is 266 g/mol. The first-order valence-electron chi connectivity index (χ1n) is 7.28. The van der Waals surface area contributed by atoms with Crippen LogP contribution < -0.4 is 5.32 Å². The number of benzene rings is 1. The number of nitrogens with zero attached hydrogens (tertiary/aromatic N) is 1. The normalized spacial score (nSPS) is 14.6. The van der Waals surface area contributed by atoms with E-state index in [2.05, 4.69) is 38.0 Å². The van der Waals surface area contributed by atoms with Gasteiger partial charge in [0.1, 0.15) is 5.82 Å². The second-order valence-corrected chi connectivity index (χ2v) is 5.11. The Kier molecular flexibility index (Phi) is 7.03. The Morgan fingerprint density at radius 1 is 1.26 bits per heavy atom. The molecule has 1 aromatic carbocycles. The van der Waals surface area contributed by atoms with E-state index in [0.717, 1.165) is 31.5 Å². The predicted octanol–water partition coefficient (Wildman–Crippen LogP) is 3.60. The molecule has 0 amide bonds. The third-order valence-electron chi connectivity index (χ3n) is 3.79. The van der Waals surface area contributed by atoms with E-state index in [4.69, 9.17) is 0 Å². The van der Waals surface area contributed by atoms with E-state index in [9.17, 15) is 4.39 Å². The quantitative estimate of drug-likeness (QED) is 0.773. The van der Waals surface area contributed by atoms with Crippen molar-refractivity contribution in [3.63, 3.8) is 0 Å². The van der Waals surface area contributed by atoms with Gasteiger partial charge in [-0.15, -0.1) is 0 Å². The topological polar surface area (TPSA) is 15.3 Å². The molecular weight excluding hydrogens is 239 g/mol. The lowest BCUT2D eigenvalue weighted by Gasteiger charge is -2.33. The Labute approximate surface area is 117 Å². The SMILES string of the molecule is CCCC(CNCC)N(C)C(C)c1ccccc1F. The highest BCUT2D eigenvalue weighted by atomic mass is 19.1. The molecular formula is C16H27FN2. The van der Waals surface area contributed by atoms with E-state index < -0.39 is 0 Å². The molecule has 1 rings (SSSR count). The summed E-state index contributed by atoms with van der Waals surface area (Å²) in [7, 11) is 2.09. The number of halogens is 1. The molecule has 1 aromatic rings. The van der Waals surface area contributed by atoms with E-state index in [0.29, 0.717) is 6.04 Å². The van der Waals surface area contributed by atoms with Gasteiger partial charge in [-0.3, -0.25) is 4.90 Å². The molecule has 0 radical (unpaired) electrons. The summed E-state index contributed by atoms with van der Waals surface area (Å²) in [5, 5.41) is 3.40. The molecule has 1 N–H and O–H groups in total. The minimum atomic E-state index is -0.111. The van der Waals surface area contributed by atoms with Crippen LogP contribution in [0, 0.1) is 5.82 Å². The highest BCUT2D eigenvalue weighted by molar-refractivity contribution is 5.20. The van der Waals surface area contributed by atoms with Gasteiger partial charge in [-0.25, -0.2) is 4.39 Å². The van der Waals surface area contributed by atoms with Gasteiger partial charge in [0, 0.05) is 24.2 Å². The summed E-state index contributed by atoms with van der Waals surface area (Å²) in [5.41, 5.74) is 0.780. The van der Waals surface area contributed by atoms with Gasteiger partial charge in [-0.05, 0) is 33.0 Å². The fourth-order valence-electron chi connectivity index (χ4n) is 2.44. The second-order valence-electron chi connectivity index (χ2n) is 5.11. The van der Waals surface area contributed by atoms with Crippen LogP contribution in [0.5, 0.6) is 0 Å². The fraction of sp³-hybridized carbons (Fsp3) is 0.625. The van der Waals surface area contributed by atoms with Crippen LogP contribution in [0.1, 0.15) is 45.2 Å². The Balaban J connectivity index is 2.77. The Morgan fingerprint density at radius 2 is 1.95 bits per heavy atom. The zero-order valence-electron chi connectivity index (χ0n) is 12.6. The van der Waals surface area contributed by atoms with Gasteiger partial charge < -0.3 is 5.32 Å². The summed E-state index contributed by atoms with van der Waals surface area (Å²) < 4.78 is 13.9. The minimum Gasteiger partial charge on any atom is -0.315 e. The smallest absolute Gasteiger partial charge is 0.127 e. The van der Waals surface area contributed by atoms with Crippen molar-refractivity contribution in [1.82, 2.24) is 10.2 Å². The molecule has 0 aliphatic rings. The number of rotatable bonds is 8. The largest absolute Gasteiger partial charge is 0.315 e. The summed E-state index contributed by atoms with van der Waals surface area (Å²) in [6.45, 7) is 8.32. The molecule has 0 aliphatic heterocycles. The van der Waals surface area contributed by atoms with Crippen LogP contribution in [0.15, 0.2) is 24.3 Å². The molecule has 0 bridgehead atoms. The van der Waals surface area contributed by atoms with Crippen LogP contribution in [0.2, 0.25) is 0 Å². The van der Waals surface area contributed by atoms with Crippen LogP contribution in [0.4, 0.5) is 4.39 Å². The number of nitrogens with one attached hydrogen (secondary N) is 1. The number of hydrogen-bond donors (Lipinski definition) is 1. The summed E-state index contributed by atoms with van der Waals surface area (Å²) in [6, 6.07) is 7.61. The Hall–Kier alpha value is -0.930. The predicted molar refractivity (Wildman–Crippen MR) is 79.8 cm³/mol. The molecule has 2 nitrogen and oxygen atoms in total. The maximum Gasteiger partial charge on any atom is 0.127 e. The minimum absolute atomic E-state index is 0.0939. The van der Waals surface area contributed by atoms with Gasteiger partial charge in [0.2, 0.25) is 0 Å². The van der Waals surface area contributed by atoms with Crippen molar-refractivity contribution in [2.45, 2.75) is 45.7 Å². The fourth-order valence-corrected chi connectivity index (χ4v) is 2.44. The van der Waals surface area contributed by atoms with E-state index in [1.165, 1.54) is 0 Å². The van der Waals surface area contributed by atoms with Crippen molar-refractivity contribution in [1.29, 1.82) is 0 Å². The van der Waals surface area contributed by atoms with Gasteiger partial charge in [-0.1, -0.05) is 38.5 Å². The van der Waals surface area contributed by atoms with E-state index in [1.807, 2.05) is 12.1 Å². The zero-order chi connectivity index (χ0) is 14.3. The molecule has 2 unspecified atom stereocenters. The first kappa shape index (κ1) is 16.1. The summed E-state index contributed by atoms with van der Waals surface area (Å²) in [6.07, 6.45) is 2.27. The molecule has 19 heavy (non-hydrogen) atoms. The van der Waals surface area contributed by atoms with E-state index in [1.54, 1.807) is 12.1 Å². The monoisotopic (exact) mass is 266 g/mol.